The first kappa shape index (κ1) is 12.3. The predicted molar refractivity (Wildman–Crippen MR) is 72.5 cm³/mol. The van der Waals surface area contributed by atoms with Crippen molar-refractivity contribution >= 4 is 33.5 Å². The van der Waals surface area contributed by atoms with E-state index >= 15 is 0 Å². The van der Waals surface area contributed by atoms with Crippen molar-refractivity contribution in [3.63, 3.8) is 0 Å². The molecule has 0 fully saturated rings. The van der Waals surface area contributed by atoms with Crippen LogP contribution in [0.4, 0.5) is 0 Å². The van der Waals surface area contributed by atoms with E-state index in [4.69, 9.17) is 0 Å². The maximum atomic E-state index is 11.3. The molecule has 0 aliphatic carbocycles. The van der Waals surface area contributed by atoms with Crippen molar-refractivity contribution in [2.45, 2.75) is 16.8 Å². The van der Waals surface area contributed by atoms with Crippen LogP contribution < -0.4 is 0 Å². The van der Waals surface area contributed by atoms with Crippen molar-refractivity contribution in [3.8, 4) is 0 Å². The van der Waals surface area contributed by atoms with Crippen LogP contribution in [0.2, 0.25) is 0 Å². The molecule has 1 aromatic heterocycles. The Balaban J connectivity index is 2.24. The summed E-state index contributed by atoms with van der Waals surface area (Å²) in [5, 5.41) is 0.829. The summed E-state index contributed by atoms with van der Waals surface area (Å²) in [6, 6.07) is 11.5. The Morgan fingerprint density at radius 3 is 2.82 bits per heavy atom. The number of nitrogens with zero attached hydrogens (tertiary/aromatic N) is 1. The molecule has 1 aromatic carbocycles. The number of ketones is 1. The first-order valence-corrected chi connectivity index (χ1v) is 6.66. The van der Waals surface area contributed by atoms with E-state index in [-0.39, 0.29) is 5.78 Å². The number of halogens is 1. The number of rotatable bonds is 3. The zero-order chi connectivity index (χ0) is 12.3. The number of hydrogen-bond donors (Lipinski definition) is 0. The van der Waals surface area contributed by atoms with Gasteiger partial charge in [0.05, 0.1) is 0 Å². The lowest BCUT2D eigenvalue weighted by Crippen LogP contribution is -1.92. The van der Waals surface area contributed by atoms with Gasteiger partial charge in [-0.05, 0) is 37.3 Å². The van der Waals surface area contributed by atoms with Gasteiger partial charge in [-0.25, -0.2) is 4.98 Å². The summed E-state index contributed by atoms with van der Waals surface area (Å²) in [4.78, 5) is 16.6. The Bertz CT molecular complexity index is 557. The quantitative estimate of drug-likeness (QED) is 0.796. The Hall–Kier alpha value is -1.13. The average Bonchev–Trinajstić information content (AvgIpc) is 2.29. The molecule has 0 amide bonds. The van der Waals surface area contributed by atoms with Crippen LogP contribution in [0.25, 0.3) is 0 Å². The highest BCUT2D eigenvalue weighted by molar-refractivity contribution is 9.10. The van der Waals surface area contributed by atoms with Crippen molar-refractivity contribution < 1.29 is 4.79 Å². The maximum Gasteiger partial charge on any atom is 0.159 e. The molecule has 0 spiro atoms. The van der Waals surface area contributed by atoms with E-state index in [1.165, 1.54) is 11.8 Å². The van der Waals surface area contributed by atoms with E-state index in [0.717, 1.165) is 14.4 Å². The Labute approximate surface area is 113 Å². The Morgan fingerprint density at radius 1 is 1.29 bits per heavy atom. The summed E-state index contributed by atoms with van der Waals surface area (Å²) in [7, 11) is 0. The summed E-state index contributed by atoms with van der Waals surface area (Å²) in [5.41, 5.74) is 0.692. The van der Waals surface area contributed by atoms with Gasteiger partial charge in [0.15, 0.2) is 5.78 Å². The van der Waals surface area contributed by atoms with Gasteiger partial charge in [-0.3, -0.25) is 4.79 Å². The van der Waals surface area contributed by atoms with E-state index in [1.807, 2.05) is 30.3 Å². The topological polar surface area (TPSA) is 30.0 Å². The lowest BCUT2D eigenvalue weighted by molar-refractivity contribution is 0.101. The van der Waals surface area contributed by atoms with Gasteiger partial charge in [-0.1, -0.05) is 33.8 Å². The first-order chi connectivity index (χ1) is 8.15. The van der Waals surface area contributed by atoms with Crippen LogP contribution in [0.1, 0.15) is 17.3 Å². The highest BCUT2D eigenvalue weighted by atomic mass is 79.9. The van der Waals surface area contributed by atoms with Crippen LogP contribution in [-0.2, 0) is 0 Å². The van der Waals surface area contributed by atoms with E-state index in [9.17, 15) is 4.79 Å². The first-order valence-electron chi connectivity index (χ1n) is 5.05. The highest BCUT2D eigenvalue weighted by Gasteiger charge is 2.03. The molecule has 2 aromatic rings. The predicted octanol–water partition coefficient (Wildman–Crippen LogP) is 4.20. The zero-order valence-electron chi connectivity index (χ0n) is 9.18. The third-order valence-corrected chi connectivity index (χ3v) is 3.58. The second-order valence-electron chi connectivity index (χ2n) is 3.50. The molecule has 1 heterocycles. The number of carbonyl (C=O) groups is 1. The van der Waals surface area contributed by atoms with Gasteiger partial charge < -0.3 is 0 Å². The minimum Gasteiger partial charge on any atom is -0.295 e. The molecule has 17 heavy (non-hydrogen) atoms. The van der Waals surface area contributed by atoms with Gasteiger partial charge in [0, 0.05) is 21.1 Å². The van der Waals surface area contributed by atoms with Crippen molar-refractivity contribution in [1.82, 2.24) is 4.98 Å². The fraction of sp³-hybridized carbons (Fsp3) is 0.0769. The fourth-order valence-electron chi connectivity index (χ4n) is 1.34. The molecule has 2 rings (SSSR count). The molecule has 4 heteroatoms. The van der Waals surface area contributed by atoms with Crippen LogP contribution >= 0.6 is 27.7 Å². The number of carbonyl (C=O) groups excluding carboxylic acids is 1. The number of pyridine rings is 1. The number of hydrogen-bond acceptors (Lipinski definition) is 3. The lowest BCUT2D eigenvalue weighted by atomic mass is 10.2. The molecule has 0 saturated heterocycles. The summed E-state index contributed by atoms with van der Waals surface area (Å²) in [6.07, 6.45) is 1.66. The van der Waals surface area contributed by atoms with Gasteiger partial charge in [-0.2, -0.15) is 0 Å². The molecule has 0 N–H and O–H groups in total. The van der Waals surface area contributed by atoms with Crippen LogP contribution in [0, 0.1) is 0 Å². The molecule has 0 unspecified atom stereocenters. The number of Topliss-reactive ketones (excluding diaryl/α,β-unsaturated/α-hetero) is 1. The number of aromatic nitrogens is 1. The van der Waals surface area contributed by atoms with E-state index in [0.29, 0.717) is 5.56 Å². The van der Waals surface area contributed by atoms with Gasteiger partial charge in [0.25, 0.3) is 0 Å². The zero-order valence-corrected chi connectivity index (χ0v) is 11.6. The van der Waals surface area contributed by atoms with Gasteiger partial charge in [0.2, 0.25) is 0 Å². The van der Waals surface area contributed by atoms with Gasteiger partial charge >= 0.3 is 0 Å². The third-order valence-electron chi connectivity index (χ3n) is 2.16. The highest BCUT2D eigenvalue weighted by Crippen LogP contribution is 2.28. The number of benzene rings is 1. The molecule has 0 aliphatic rings. The monoisotopic (exact) mass is 307 g/mol. The van der Waals surface area contributed by atoms with Crippen molar-refractivity contribution in [2.24, 2.45) is 0 Å². The average molecular weight is 308 g/mol. The molecule has 0 aliphatic heterocycles. The van der Waals surface area contributed by atoms with Gasteiger partial charge in [-0.15, -0.1) is 0 Å². The molecule has 0 bridgehead atoms. The van der Waals surface area contributed by atoms with Crippen LogP contribution in [-0.4, -0.2) is 10.8 Å². The van der Waals surface area contributed by atoms with Crippen LogP contribution in [0.3, 0.4) is 0 Å². The fourth-order valence-corrected chi connectivity index (χ4v) is 2.76. The van der Waals surface area contributed by atoms with Crippen molar-refractivity contribution in [2.75, 3.05) is 0 Å². The van der Waals surface area contributed by atoms with Crippen LogP contribution in [0.5, 0.6) is 0 Å². The van der Waals surface area contributed by atoms with E-state index < -0.39 is 0 Å². The normalized spacial score (nSPS) is 10.2. The molecule has 0 saturated carbocycles. The van der Waals surface area contributed by atoms with Crippen molar-refractivity contribution in [3.05, 3.63) is 52.6 Å². The standard InChI is InChI=1S/C13H10BrNOS/c1-9(16)10-5-6-15-13(7-10)17-12-4-2-3-11(14)8-12/h2-8H,1H3. The third kappa shape index (κ3) is 3.41. The minimum atomic E-state index is 0.0588. The SMILES string of the molecule is CC(=O)c1ccnc(Sc2cccc(Br)c2)c1. The van der Waals surface area contributed by atoms with Crippen molar-refractivity contribution in [1.29, 1.82) is 0 Å². The van der Waals surface area contributed by atoms with E-state index in [1.54, 1.807) is 19.2 Å². The summed E-state index contributed by atoms with van der Waals surface area (Å²) < 4.78 is 1.03. The largest absolute Gasteiger partial charge is 0.295 e. The summed E-state index contributed by atoms with van der Waals surface area (Å²) in [5.74, 6) is 0.0588. The maximum absolute atomic E-state index is 11.3. The lowest BCUT2D eigenvalue weighted by Gasteiger charge is -2.02. The molecule has 86 valence electrons. The summed E-state index contributed by atoms with van der Waals surface area (Å²) >= 11 is 4.97. The molecule has 2 nitrogen and oxygen atoms in total. The van der Waals surface area contributed by atoms with E-state index in [2.05, 4.69) is 20.9 Å². The Morgan fingerprint density at radius 2 is 2.12 bits per heavy atom. The van der Waals surface area contributed by atoms with Gasteiger partial charge in [0.1, 0.15) is 5.03 Å². The molecular formula is C13H10BrNOS. The minimum absolute atomic E-state index is 0.0588. The smallest absolute Gasteiger partial charge is 0.159 e. The Kier molecular flexibility index (Phi) is 3.97. The molecular weight excluding hydrogens is 298 g/mol. The molecule has 0 atom stereocenters. The summed E-state index contributed by atoms with van der Waals surface area (Å²) in [6.45, 7) is 1.56. The second-order valence-corrected chi connectivity index (χ2v) is 5.51. The van der Waals surface area contributed by atoms with Crippen LogP contribution in [0.15, 0.2) is 57.0 Å². The second kappa shape index (κ2) is 5.47. The molecule has 0 radical (unpaired) electrons.